The van der Waals surface area contributed by atoms with E-state index >= 15 is 0 Å². The Morgan fingerprint density at radius 1 is 0.344 bits per heavy atom. The molecule has 125 heavy (non-hydrogen) atoms. The predicted molar refractivity (Wildman–Crippen MR) is 494 cm³/mol. The number of phosphoric ester groups is 1. The zero-order valence-electron chi connectivity index (χ0n) is 79.5. The number of aliphatic hydroxyl groups excluding tert-OH is 4. The van der Waals surface area contributed by atoms with Crippen molar-refractivity contribution >= 4 is 51.1 Å². The normalized spacial score (nSPS) is 20.6. The smallest absolute Gasteiger partial charge is 0.462 e. The summed E-state index contributed by atoms with van der Waals surface area (Å²) in [6.07, 6.45) is 38.8. The van der Waals surface area contributed by atoms with E-state index in [1.54, 1.807) is 0 Å². The van der Waals surface area contributed by atoms with E-state index in [4.69, 9.17) is 42.2 Å². The lowest BCUT2D eigenvalue weighted by Crippen LogP contribution is -2.68. The van der Waals surface area contributed by atoms with Gasteiger partial charge in [-0.25, -0.2) is 4.57 Å². The molecule has 0 aliphatic carbocycles. The van der Waals surface area contributed by atoms with Gasteiger partial charge in [0, 0.05) is 19.5 Å². The van der Waals surface area contributed by atoms with Gasteiger partial charge in [0.2, 0.25) is 11.8 Å². The van der Waals surface area contributed by atoms with Crippen LogP contribution in [-0.4, -0.2) is 176 Å². The summed E-state index contributed by atoms with van der Waals surface area (Å²) in [5.41, 5.74) is 0. The average Bonchev–Trinajstić information content (AvgIpc) is 0.780. The van der Waals surface area contributed by atoms with Crippen molar-refractivity contribution in [3.05, 3.63) is 0 Å². The molecule has 2 fully saturated rings. The van der Waals surface area contributed by atoms with Gasteiger partial charge in [-0.3, -0.25) is 42.4 Å². The third kappa shape index (κ3) is 63.5. The molecule has 2 saturated heterocycles. The number of carbonyl (C=O) groups is 6. The first kappa shape index (κ1) is 118. The lowest BCUT2D eigenvalue weighted by atomic mass is 9.95. The molecule has 28 heteroatoms. The largest absolute Gasteiger partial charge is 0.470 e. The quantitative estimate of drug-likeness (QED) is 0.0118. The van der Waals surface area contributed by atoms with E-state index in [1.807, 2.05) is 0 Å². The number of rotatable bonds is 86. The molecule has 9 N–H and O–H groups in total. The topological polar surface area (TPSA) is 385 Å². The first-order chi connectivity index (χ1) is 60.3. The third-order valence-electron chi connectivity index (χ3n) is 24.4. The Kier molecular flexibility index (Phi) is 72.9. The van der Waals surface area contributed by atoms with Crippen molar-refractivity contribution in [3.8, 4) is 0 Å². The second kappa shape index (κ2) is 77.3. The molecule has 15 atom stereocenters. The SMILES string of the molecule is CCCCCCCCCCCCCCCC(=O)O[C@H](CCCCCCCCCCC)CC(=O)N[C@H]1C(OC(=O)C[C@H](O)CCCCCCCCCCC)[C@H](O)C(CO[C@@H]2OC(CO)[C@@H](OP(=O)(O)O)C(OC(=O)C[C@@H](CCCCCCCCCCC)OC(=O)CCCCCCCCCCC)[C@@H]2NC(=O)C[C@H](O)CCCCCCCCCCC)O[C@@H]1OP(C)(=O)O. The number of esters is 4. The molecule has 2 amide bonds. The minimum atomic E-state index is -5.64. The lowest BCUT2D eigenvalue weighted by Gasteiger charge is -2.47. The van der Waals surface area contributed by atoms with Crippen molar-refractivity contribution in [2.24, 2.45) is 0 Å². The number of carbonyl (C=O) groups excluding carboxylic acids is 6. The summed E-state index contributed by atoms with van der Waals surface area (Å²) in [7, 11) is -10.3. The highest BCUT2D eigenvalue weighted by molar-refractivity contribution is 7.51. The zero-order chi connectivity index (χ0) is 91.8. The standard InChI is InChI=1S/C97H184N2O24P2/c1-8-14-20-26-32-38-39-40-41-47-53-59-64-70-86(105)116-80(68-62-56-50-44-35-29-23-17-11-4)74-85(104)99-90-94(120-88(107)73-79(102)67-61-55-49-43-34-28-22-16-10-3)92(109)83(119-97(90)123-124(7,110)111)77-115-96-91(98-84(103)72-78(101)66-60-54-48-42-33-27-21-15-9-2)95(93(82(76-100)118-96)122-125(112,113)114)121-89(108)75-81(69-63-57-51-45-36-30-24-18-12-5)117-87(106)71-65-58-52-46-37-31-25-19-13-6/h78-83,90-97,100-102,109H,8-77H2,1-7H3,(H,98,103)(H,99,104)(H,110,111)(H2,112,113,114)/t78-,79-,80-,81-,82?,83?,90+,91+,92-,93-,94?,95?,96-,97-/m1/s1. The van der Waals surface area contributed by atoms with Gasteiger partial charge in [-0.1, -0.05) is 388 Å². The number of unbranched alkanes of at least 4 members (excludes halogenated alkanes) is 52. The minimum Gasteiger partial charge on any atom is -0.462 e. The monoisotopic (exact) mass is 1820 g/mol. The molecular weight excluding hydrogens is 1640 g/mol. The van der Waals surface area contributed by atoms with Crippen molar-refractivity contribution in [2.75, 3.05) is 19.9 Å². The Hall–Kier alpha value is -3.20. The van der Waals surface area contributed by atoms with Gasteiger partial charge in [0.1, 0.15) is 48.7 Å². The van der Waals surface area contributed by atoms with E-state index in [1.165, 1.54) is 103 Å². The van der Waals surface area contributed by atoms with Crippen LogP contribution in [0, 0.1) is 0 Å². The average molecular weight is 1820 g/mol. The number of phosphoric acid groups is 1. The fourth-order valence-corrected chi connectivity index (χ4v) is 18.1. The molecule has 2 aliphatic heterocycles. The van der Waals surface area contributed by atoms with E-state index in [9.17, 15) is 73.0 Å². The lowest BCUT2D eigenvalue weighted by molar-refractivity contribution is -0.296. The van der Waals surface area contributed by atoms with Crippen LogP contribution < -0.4 is 10.6 Å². The Balaban J connectivity index is 2.77. The van der Waals surface area contributed by atoms with Crippen LogP contribution >= 0.6 is 15.4 Å². The second-order valence-corrected chi connectivity index (χ2v) is 39.6. The van der Waals surface area contributed by atoms with Gasteiger partial charge in [0.25, 0.3) is 0 Å². The first-order valence-electron chi connectivity index (χ1n) is 51.0. The maximum absolute atomic E-state index is 14.9. The van der Waals surface area contributed by atoms with Crippen LogP contribution in [0.5, 0.6) is 0 Å². The van der Waals surface area contributed by atoms with Crippen LogP contribution in [0.25, 0.3) is 0 Å². The van der Waals surface area contributed by atoms with Crippen molar-refractivity contribution in [1.29, 1.82) is 0 Å². The maximum Gasteiger partial charge on any atom is 0.470 e. The zero-order valence-corrected chi connectivity index (χ0v) is 81.3. The molecule has 0 saturated carbocycles. The molecule has 0 spiro atoms. The predicted octanol–water partition coefficient (Wildman–Crippen LogP) is 22.1. The van der Waals surface area contributed by atoms with Crippen molar-refractivity contribution < 1.29 is 115 Å². The molecule has 2 aliphatic rings. The highest BCUT2D eigenvalue weighted by Crippen LogP contribution is 2.44. The molecule has 26 nitrogen and oxygen atoms in total. The number of nitrogens with one attached hydrogen (secondary N) is 2. The van der Waals surface area contributed by atoms with E-state index in [2.05, 4.69) is 52.2 Å². The van der Waals surface area contributed by atoms with Gasteiger partial charge in [-0.15, -0.1) is 0 Å². The van der Waals surface area contributed by atoms with E-state index < -0.39 is 176 Å². The molecule has 0 bridgehead atoms. The molecular formula is C97H184N2O24P2. The molecule has 2 heterocycles. The van der Waals surface area contributed by atoms with Crippen molar-refractivity contribution in [1.82, 2.24) is 10.6 Å². The summed E-state index contributed by atoms with van der Waals surface area (Å²) in [6.45, 7) is 11.9. The van der Waals surface area contributed by atoms with E-state index in [0.717, 1.165) is 238 Å². The maximum atomic E-state index is 14.9. The fourth-order valence-electron chi connectivity index (χ4n) is 17.0. The number of hydrogen-bond acceptors (Lipinski definition) is 21. The third-order valence-corrected chi connectivity index (χ3v) is 25.5. The molecule has 5 unspecified atom stereocenters. The number of ether oxygens (including phenoxy) is 7. The van der Waals surface area contributed by atoms with Crippen LogP contribution in [0.3, 0.4) is 0 Å². The van der Waals surface area contributed by atoms with Gasteiger partial charge < -0.3 is 78.9 Å². The fraction of sp³-hybridized carbons (Fsp3) is 0.938. The number of hydrogen-bond donors (Lipinski definition) is 9. The van der Waals surface area contributed by atoms with Gasteiger partial charge in [-0.05, 0) is 51.4 Å². The highest BCUT2D eigenvalue weighted by Gasteiger charge is 2.55. The van der Waals surface area contributed by atoms with Crippen molar-refractivity contribution in [3.63, 3.8) is 0 Å². The summed E-state index contributed by atoms with van der Waals surface area (Å²) in [4.78, 5) is 118. The summed E-state index contributed by atoms with van der Waals surface area (Å²) in [5, 5.41) is 52.2. The summed E-state index contributed by atoms with van der Waals surface area (Å²) < 4.78 is 81.4. The Labute approximate surface area is 756 Å². The first-order valence-corrected chi connectivity index (χ1v) is 54.5. The number of aliphatic hydroxyl groups is 4. The Morgan fingerprint density at radius 3 is 0.992 bits per heavy atom. The van der Waals surface area contributed by atoms with Gasteiger partial charge in [-0.2, -0.15) is 0 Å². The Bertz CT molecular complexity index is 2750. The molecule has 0 radical (unpaired) electrons. The minimum absolute atomic E-state index is 0.0940. The second-order valence-electron chi connectivity index (χ2n) is 36.5. The molecule has 0 aromatic rings. The summed E-state index contributed by atoms with van der Waals surface area (Å²) in [6, 6.07) is -3.66. The Morgan fingerprint density at radius 2 is 0.640 bits per heavy atom. The van der Waals surface area contributed by atoms with Crippen LogP contribution in [0.4, 0.5) is 0 Å². The summed E-state index contributed by atoms with van der Waals surface area (Å²) in [5.74, 6) is -4.78. The molecule has 736 valence electrons. The van der Waals surface area contributed by atoms with Crippen molar-refractivity contribution in [2.45, 2.75) is 564 Å². The van der Waals surface area contributed by atoms with Crippen LogP contribution in [0.1, 0.15) is 478 Å². The summed E-state index contributed by atoms with van der Waals surface area (Å²) >= 11 is 0. The highest BCUT2D eigenvalue weighted by atomic mass is 31.2. The molecule has 0 aromatic carbocycles. The van der Waals surface area contributed by atoms with Gasteiger partial charge in [0.15, 0.2) is 24.8 Å². The number of amides is 2. The van der Waals surface area contributed by atoms with Gasteiger partial charge in [0.05, 0.1) is 51.1 Å². The molecule has 0 aromatic heterocycles. The van der Waals surface area contributed by atoms with Crippen LogP contribution in [-0.2, 0) is 80.1 Å². The molecule has 2 rings (SSSR count). The van der Waals surface area contributed by atoms with E-state index in [-0.39, 0.29) is 32.1 Å². The van der Waals surface area contributed by atoms with E-state index in [0.29, 0.717) is 44.9 Å². The van der Waals surface area contributed by atoms with Crippen LogP contribution in [0.2, 0.25) is 0 Å². The van der Waals surface area contributed by atoms with Crippen LogP contribution in [0.15, 0.2) is 0 Å². The van der Waals surface area contributed by atoms with Gasteiger partial charge >= 0.3 is 39.3 Å².